The fraction of sp³-hybridized carbons (Fsp3) is 0.458. The van der Waals surface area contributed by atoms with Crippen LogP contribution in [0, 0.1) is 0 Å². The van der Waals surface area contributed by atoms with Crippen LogP contribution in [0.5, 0.6) is 5.75 Å². The van der Waals surface area contributed by atoms with Crippen molar-refractivity contribution >= 4 is 29.9 Å². The van der Waals surface area contributed by atoms with Crippen molar-refractivity contribution in [1.29, 1.82) is 0 Å². The van der Waals surface area contributed by atoms with E-state index in [0.717, 1.165) is 56.3 Å². The van der Waals surface area contributed by atoms with Crippen LogP contribution in [0.2, 0.25) is 0 Å². The fourth-order valence-corrected chi connectivity index (χ4v) is 3.32. The van der Waals surface area contributed by atoms with Crippen molar-refractivity contribution in [2.24, 2.45) is 4.99 Å². The van der Waals surface area contributed by atoms with Crippen molar-refractivity contribution in [3.05, 3.63) is 65.7 Å². The number of nitrogens with one attached hydrogen (secondary N) is 2. The standard InChI is InChI=1S/C24H33N3O3.HI/c1-25-24(26-14-8-15-28-19-23-13-7-16-29-23)27-17-20-9-5-6-10-21(20)18-30-22-11-3-2-4-12-22;/h2-6,9-12,23H,7-8,13-19H2,1H3,(H2,25,26,27);1H. The molecule has 31 heavy (non-hydrogen) atoms. The van der Waals surface area contributed by atoms with Crippen LogP contribution < -0.4 is 15.4 Å². The summed E-state index contributed by atoms with van der Waals surface area (Å²) in [6, 6.07) is 18.2. The highest BCUT2D eigenvalue weighted by Crippen LogP contribution is 2.15. The third kappa shape index (κ3) is 9.45. The molecule has 1 aliphatic heterocycles. The average Bonchev–Trinajstić information content (AvgIpc) is 3.31. The van der Waals surface area contributed by atoms with E-state index in [0.29, 0.717) is 25.9 Å². The van der Waals surface area contributed by atoms with E-state index >= 15 is 0 Å². The van der Waals surface area contributed by atoms with Gasteiger partial charge < -0.3 is 24.8 Å². The lowest BCUT2D eigenvalue weighted by Gasteiger charge is -2.15. The number of aliphatic imine (C=N–C) groups is 1. The maximum Gasteiger partial charge on any atom is 0.191 e. The minimum absolute atomic E-state index is 0. The number of hydrogen-bond donors (Lipinski definition) is 2. The second kappa shape index (κ2) is 15.0. The van der Waals surface area contributed by atoms with Crippen LogP contribution in [0.25, 0.3) is 0 Å². The van der Waals surface area contributed by atoms with E-state index in [4.69, 9.17) is 14.2 Å². The minimum Gasteiger partial charge on any atom is -0.489 e. The van der Waals surface area contributed by atoms with Gasteiger partial charge in [0.15, 0.2) is 5.96 Å². The van der Waals surface area contributed by atoms with Crippen LogP contribution in [-0.4, -0.2) is 45.5 Å². The molecular formula is C24H34IN3O3. The van der Waals surface area contributed by atoms with Gasteiger partial charge in [-0.2, -0.15) is 0 Å². The molecule has 1 atom stereocenters. The van der Waals surface area contributed by atoms with Gasteiger partial charge in [0.05, 0.1) is 12.7 Å². The Morgan fingerprint density at radius 2 is 1.84 bits per heavy atom. The topological polar surface area (TPSA) is 64.1 Å². The highest BCUT2D eigenvalue weighted by molar-refractivity contribution is 14.0. The molecule has 2 aromatic carbocycles. The van der Waals surface area contributed by atoms with Crippen molar-refractivity contribution < 1.29 is 14.2 Å². The van der Waals surface area contributed by atoms with Gasteiger partial charge in [0.25, 0.3) is 0 Å². The summed E-state index contributed by atoms with van der Waals surface area (Å²) in [6.07, 6.45) is 3.49. The van der Waals surface area contributed by atoms with E-state index in [1.807, 2.05) is 42.5 Å². The summed E-state index contributed by atoms with van der Waals surface area (Å²) in [4.78, 5) is 4.31. The number of ether oxygens (including phenoxy) is 3. The molecule has 0 aliphatic carbocycles. The highest BCUT2D eigenvalue weighted by Gasteiger charge is 2.14. The Morgan fingerprint density at radius 3 is 2.58 bits per heavy atom. The Kier molecular flexibility index (Phi) is 12.3. The van der Waals surface area contributed by atoms with Crippen LogP contribution in [0.15, 0.2) is 59.6 Å². The Bertz CT molecular complexity index is 768. The van der Waals surface area contributed by atoms with Crippen LogP contribution in [0.1, 0.15) is 30.4 Å². The first kappa shape index (κ1) is 25.4. The predicted octanol–water partition coefficient (Wildman–Crippen LogP) is 4.13. The van der Waals surface area contributed by atoms with Gasteiger partial charge in [-0.05, 0) is 42.5 Å². The molecule has 1 saturated heterocycles. The SMILES string of the molecule is CN=C(NCCCOCC1CCCO1)NCc1ccccc1COc1ccccc1.I. The molecule has 2 aromatic rings. The number of nitrogens with zero attached hydrogens (tertiary/aromatic N) is 1. The zero-order valence-corrected chi connectivity index (χ0v) is 20.5. The molecule has 1 fully saturated rings. The summed E-state index contributed by atoms with van der Waals surface area (Å²) in [5.74, 6) is 1.66. The van der Waals surface area contributed by atoms with Crippen molar-refractivity contribution in [1.82, 2.24) is 10.6 Å². The molecule has 0 bridgehead atoms. The number of guanidine groups is 1. The third-order valence-corrected chi connectivity index (χ3v) is 5.01. The normalized spacial score (nSPS) is 15.9. The molecule has 0 radical (unpaired) electrons. The van der Waals surface area contributed by atoms with Crippen LogP contribution >= 0.6 is 24.0 Å². The average molecular weight is 539 g/mol. The Hall–Kier alpha value is -1.84. The summed E-state index contributed by atoms with van der Waals surface area (Å²) in [7, 11) is 1.79. The van der Waals surface area contributed by atoms with E-state index in [1.54, 1.807) is 7.05 Å². The molecule has 2 N–H and O–H groups in total. The lowest BCUT2D eigenvalue weighted by molar-refractivity contribution is 0.0168. The van der Waals surface area contributed by atoms with E-state index < -0.39 is 0 Å². The molecule has 1 aliphatic rings. The van der Waals surface area contributed by atoms with E-state index in [-0.39, 0.29) is 24.0 Å². The monoisotopic (exact) mass is 539 g/mol. The summed E-state index contributed by atoms with van der Waals surface area (Å²) in [5.41, 5.74) is 2.35. The quantitative estimate of drug-likeness (QED) is 0.195. The van der Waals surface area contributed by atoms with Crippen molar-refractivity contribution in [2.45, 2.75) is 38.5 Å². The van der Waals surface area contributed by atoms with Gasteiger partial charge in [-0.15, -0.1) is 24.0 Å². The summed E-state index contributed by atoms with van der Waals surface area (Å²) in [5, 5.41) is 6.72. The number of benzene rings is 2. The summed E-state index contributed by atoms with van der Waals surface area (Å²) < 4.78 is 17.2. The van der Waals surface area contributed by atoms with Gasteiger partial charge in [-0.1, -0.05) is 42.5 Å². The zero-order valence-electron chi connectivity index (χ0n) is 18.2. The van der Waals surface area contributed by atoms with Gasteiger partial charge >= 0.3 is 0 Å². The third-order valence-electron chi connectivity index (χ3n) is 5.01. The van der Waals surface area contributed by atoms with E-state index in [1.165, 1.54) is 5.56 Å². The van der Waals surface area contributed by atoms with Crippen LogP contribution in [0.3, 0.4) is 0 Å². The maximum absolute atomic E-state index is 5.91. The molecule has 1 unspecified atom stereocenters. The van der Waals surface area contributed by atoms with Gasteiger partial charge in [0, 0.05) is 33.4 Å². The van der Waals surface area contributed by atoms with Gasteiger partial charge in [0.1, 0.15) is 12.4 Å². The summed E-state index contributed by atoms with van der Waals surface area (Å²) >= 11 is 0. The van der Waals surface area contributed by atoms with Gasteiger partial charge in [-0.25, -0.2) is 0 Å². The molecule has 3 rings (SSSR count). The highest BCUT2D eigenvalue weighted by atomic mass is 127. The van der Waals surface area contributed by atoms with Gasteiger partial charge in [-0.3, -0.25) is 4.99 Å². The molecule has 0 spiro atoms. The van der Waals surface area contributed by atoms with Crippen molar-refractivity contribution in [2.75, 3.05) is 33.4 Å². The lowest BCUT2D eigenvalue weighted by Crippen LogP contribution is -2.37. The number of rotatable bonds is 11. The molecule has 170 valence electrons. The second-order valence-corrected chi connectivity index (χ2v) is 7.29. The first-order chi connectivity index (χ1) is 14.8. The Labute approximate surface area is 202 Å². The molecule has 6 nitrogen and oxygen atoms in total. The van der Waals surface area contributed by atoms with Crippen molar-refractivity contribution in [3.8, 4) is 5.75 Å². The maximum atomic E-state index is 5.91. The largest absolute Gasteiger partial charge is 0.489 e. The molecule has 0 aromatic heterocycles. The molecule has 1 heterocycles. The van der Waals surface area contributed by atoms with E-state index in [2.05, 4.69) is 27.8 Å². The number of halogens is 1. The second-order valence-electron chi connectivity index (χ2n) is 7.29. The first-order valence-corrected chi connectivity index (χ1v) is 10.7. The number of para-hydroxylation sites is 1. The zero-order chi connectivity index (χ0) is 20.9. The molecule has 0 amide bonds. The van der Waals surface area contributed by atoms with E-state index in [9.17, 15) is 0 Å². The van der Waals surface area contributed by atoms with Gasteiger partial charge in [0.2, 0.25) is 0 Å². The smallest absolute Gasteiger partial charge is 0.191 e. The molecule has 0 saturated carbocycles. The van der Waals surface area contributed by atoms with Crippen LogP contribution in [0.4, 0.5) is 0 Å². The first-order valence-electron chi connectivity index (χ1n) is 10.7. The molecular weight excluding hydrogens is 505 g/mol. The van der Waals surface area contributed by atoms with Crippen LogP contribution in [-0.2, 0) is 22.6 Å². The predicted molar refractivity (Wildman–Crippen MR) is 135 cm³/mol. The number of hydrogen-bond acceptors (Lipinski definition) is 4. The Balaban J connectivity index is 0.00000341. The minimum atomic E-state index is 0. The fourth-order valence-electron chi connectivity index (χ4n) is 3.32. The Morgan fingerprint density at radius 1 is 1.06 bits per heavy atom. The van der Waals surface area contributed by atoms with Crippen molar-refractivity contribution in [3.63, 3.8) is 0 Å². The summed E-state index contributed by atoms with van der Waals surface area (Å²) in [6.45, 7) is 4.33. The lowest BCUT2D eigenvalue weighted by atomic mass is 10.1. The molecule has 7 heteroatoms.